The molecule has 4 N–H and O–H groups in total. The molecule has 0 saturated carbocycles. The second-order valence-electron chi connectivity index (χ2n) is 7.23. The van der Waals surface area contributed by atoms with Crippen LogP contribution in [0.4, 0.5) is 19.0 Å². The SMILES string of the molecule is OC[C@H]1C(O)C(O)C(O)CN1C[C@@H]1CCN(c2ncccc2C(F)(F)F)C1. The molecule has 0 spiro atoms. The van der Waals surface area contributed by atoms with E-state index in [2.05, 4.69) is 4.98 Å². The zero-order valence-corrected chi connectivity index (χ0v) is 14.6. The van der Waals surface area contributed by atoms with E-state index in [4.69, 9.17) is 0 Å². The van der Waals surface area contributed by atoms with Gasteiger partial charge in [0, 0.05) is 32.4 Å². The van der Waals surface area contributed by atoms with Crippen molar-refractivity contribution >= 4 is 5.82 Å². The lowest BCUT2D eigenvalue weighted by atomic mass is 9.93. The third-order valence-corrected chi connectivity index (χ3v) is 5.39. The van der Waals surface area contributed by atoms with Crippen molar-refractivity contribution in [2.75, 3.05) is 37.7 Å². The number of β-amino-alcohol motifs (C(OH)–C–C–N with tert-alkyl or cyclic N) is 1. The highest BCUT2D eigenvalue weighted by Gasteiger charge is 2.43. The Balaban J connectivity index is 1.69. The third-order valence-electron chi connectivity index (χ3n) is 5.39. The van der Waals surface area contributed by atoms with Gasteiger partial charge in [0.1, 0.15) is 18.0 Å². The number of aromatic nitrogens is 1. The van der Waals surface area contributed by atoms with Gasteiger partial charge in [0.25, 0.3) is 0 Å². The fourth-order valence-corrected chi connectivity index (χ4v) is 3.96. The monoisotopic (exact) mass is 391 g/mol. The molecule has 10 heteroatoms. The molecular formula is C17H24F3N3O4. The van der Waals surface area contributed by atoms with Crippen molar-refractivity contribution in [3.63, 3.8) is 0 Å². The Morgan fingerprint density at radius 1 is 1.15 bits per heavy atom. The van der Waals surface area contributed by atoms with E-state index in [9.17, 15) is 33.6 Å². The van der Waals surface area contributed by atoms with E-state index in [-0.39, 0.29) is 24.9 Å². The van der Waals surface area contributed by atoms with Gasteiger partial charge < -0.3 is 25.3 Å². The minimum absolute atomic E-state index is 0.0169. The van der Waals surface area contributed by atoms with Gasteiger partial charge in [0.05, 0.1) is 24.3 Å². The smallest absolute Gasteiger partial charge is 0.395 e. The molecule has 0 aliphatic carbocycles. The number of nitrogens with zero attached hydrogens (tertiary/aromatic N) is 3. The summed E-state index contributed by atoms with van der Waals surface area (Å²) in [7, 11) is 0. The van der Waals surface area contributed by atoms with Gasteiger partial charge in [-0.3, -0.25) is 4.90 Å². The number of hydrogen-bond acceptors (Lipinski definition) is 7. The van der Waals surface area contributed by atoms with Crippen LogP contribution in [-0.4, -0.2) is 87.4 Å². The van der Waals surface area contributed by atoms with Crippen molar-refractivity contribution in [3.05, 3.63) is 23.9 Å². The molecule has 2 saturated heterocycles. The lowest BCUT2D eigenvalue weighted by molar-refractivity contribution is -0.147. The predicted molar refractivity (Wildman–Crippen MR) is 90.0 cm³/mol. The van der Waals surface area contributed by atoms with Crippen LogP contribution in [0.25, 0.3) is 0 Å². The Labute approximate surface area is 154 Å². The first-order valence-corrected chi connectivity index (χ1v) is 8.88. The summed E-state index contributed by atoms with van der Waals surface area (Å²) in [4.78, 5) is 7.20. The van der Waals surface area contributed by atoms with Gasteiger partial charge in [0.15, 0.2) is 0 Å². The highest BCUT2D eigenvalue weighted by Crippen LogP contribution is 2.37. The molecule has 7 nitrogen and oxygen atoms in total. The van der Waals surface area contributed by atoms with Crippen molar-refractivity contribution in [2.24, 2.45) is 5.92 Å². The van der Waals surface area contributed by atoms with Crippen LogP contribution in [0, 0.1) is 5.92 Å². The average Bonchev–Trinajstić information content (AvgIpc) is 3.08. The maximum atomic E-state index is 13.2. The molecule has 1 aromatic heterocycles. The molecule has 0 radical (unpaired) electrons. The fraction of sp³-hybridized carbons (Fsp3) is 0.706. The Hall–Kier alpha value is -1.46. The summed E-state index contributed by atoms with van der Waals surface area (Å²) in [5.74, 6) is -0.114. The number of halogens is 3. The number of anilines is 1. The van der Waals surface area contributed by atoms with Crippen LogP contribution >= 0.6 is 0 Å². The van der Waals surface area contributed by atoms with E-state index in [1.807, 2.05) is 0 Å². The molecule has 1 aromatic rings. The van der Waals surface area contributed by atoms with Gasteiger partial charge in [-0.15, -0.1) is 0 Å². The first kappa shape index (κ1) is 20.3. The first-order valence-electron chi connectivity index (χ1n) is 8.88. The van der Waals surface area contributed by atoms with Crippen LogP contribution < -0.4 is 4.90 Å². The Kier molecular flexibility index (Phi) is 5.92. The summed E-state index contributed by atoms with van der Waals surface area (Å²) < 4.78 is 39.6. The summed E-state index contributed by atoms with van der Waals surface area (Å²) in [6.07, 6.45) is -6.30. The summed E-state index contributed by atoms with van der Waals surface area (Å²) in [5.41, 5.74) is -0.772. The van der Waals surface area contributed by atoms with Crippen molar-refractivity contribution in [1.82, 2.24) is 9.88 Å². The number of rotatable bonds is 4. The quantitative estimate of drug-likeness (QED) is 0.559. The Morgan fingerprint density at radius 2 is 1.89 bits per heavy atom. The van der Waals surface area contributed by atoms with Crippen LogP contribution in [0.3, 0.4) is 0 Å². The summed E-state index contributed by atoms with van der Waals surface area (Å²) in [6.45, 7) is 0.841. The minimum atomic E-state index is -4.49. The molecule has 3 unspecified atom stereocenters. The number of piperidine rings is 1. The molecule has 0 aromatic carbocycles. The second kappa shape index (κ2) is 7.88. The molecule has 27 heavy (non-hydrogen) atoms. The molecule has 3 heterocycles. The molecule has 3 rings (SSSR count). The normalized spacial score (nSPS) is 32.9. The Bertz CT molecular complexity index is 648. The lowest BCUT2D eigenvalue weighted by Crippen LogP contribution is -2.63. The van der Waals surface area contributed by atoms with Crippen molar-refractivity contribution < 1.29 is 33.6 Å². The largest absolute Gasteiger partial charge is 0.419 e. The lowest BCUT2D eigenvalue weighted by Gasteiger charge is -2.44. The first-order chi connectivity index (χ1) is 12.7. The number of hydrogen-bond donors (Lipinski definition) is 4. The summed E-state index contributed by atoms with van der Waals surface area (Å²) in [6, 6.07) is 1.54. The number of aliphatic hydroxyl groups is 4. The molecular weight excluding hydrogens is 367 g/mol. The van der Waals surface area contributed by atoms with Gasteiger partial charge in [-0.1, -0.05) is 0 Å². The van der Waals surface area contributed by atoms with Gasteiger partial charge >= 0.3 is 6.18 Å². The summed E-state index contributed by atoms with van der Waals surface area (Å²) in [5, 5.41) is 39.2. The second-order valence-corrected chi connectivity index (χ2v) is 7.23. The standard InChI is InChI=1S/C17H24F3N3O4/c18-17(19,20)11-2-1-4-21-16(11)22-5-3-10(6-22)7-23-8-13(25)15(27)14(26)12(23)9-24/h1-2,4,10,12-15,24-27H,3,5-9H2/t10-,12+,13?,14?,15?/m1/s1. The van der Waals surface area contributed by atoms with E-state index in [1.165, 1.54) is 12.3 Å². The topological polar surface area (TPSA) is 100 Å². The highest BCUT2D eigenvalue weighted by molar-refractivity contribution is 5.49. The van der Waals surface area contributed by atoms with Crippen LogP contribution in [0.5, 0.6) is 0 Å². The molecule has 0 bridgehead atoms. The van der Waals surface area contributed by atoms with Crippen molar-refractivity contribution in [3.8, 4) is 0 Å². The van der Waals surface area contributed by atoms with E-state index < -0.39 is 36.1 Å². The highest BCUT2D eigenvalue weighted by atomic mass is 19.4. The van der Waals surface area contributed by atoms with Gasteiger partial charge in [-0.2, -0.15) is 13.2 Å². The number of likely N-dealkylation sites (tertiary alicyclic amines) is 1. The zero-order chi connectivity index (χ0) is 19.8. The minimum Gasteiger partial charge on any atom is -0.395 e. The molecule has 2 aliphatic rings. The maximum Gasteiger partial charge on any atom is 0.419 e. The van der Waals surface area contributed by atoms with E-state index in [1.54, 1.807) is 9.80 Å². The van der Waals surface area contributed by atoms with E-state index in [0.717, 1.165) is 6.07 Å². The van der Waals surface area contributed by atoms with E-state index >= 15 is 0 Å². The average molecular weight is 391 g/mol. The van der Waals surface area contributed by atoms with Crippen LogP contribution in [0.15, 0.2) is 18.3 Å². The maximum absolute atomic E-state index is 13.2. The molecule has 2 fully saturated rings. The zero-order valence-electron chi connectivity index (χ0n) is 14.6. The fourth-order valence-electron chi connectivity index (χ4n) is 3.96. The predicted octanol–water partition coefficient (Wildman–Crippen LogP) is -0.314. The van der Waals surface area contributed by atoms with Crippen molar-refractivity contribution in [1.29, 1.82) is 0 Å². The van der Waals surface area contributed by atoms with Gasteiger partial charge in [0.2, 0.25) is 0 Å². The van der Waals surface area contributed by atoms with Gasteiger partial charge in [-0.05, 0) is 24.5 Å². The molecule has 152 valence electrons. The van der Waals surface area contributed by atoms with Crippen LogP contribution in [-0.2, 0) is 6.18 Å². The molecule has 2 aliphatic heterocycles. The molecule has 0 amide bonds. The number of aliphatic hydroxyl groups excluding tert-OH is 4. The van der Waals surface area contributed by atoms with Crippen LogP contribution in [0.2, 0.25) is 0 Å². The van der Waals surface area contributed by atoms with Crippen molar-refractivity contribution in [2.45, 2.75) is 37.0 Å². The van der Waals surface area contributed by atoms with Gasteiger partial charge in [-0.25, -0.2) is 4.98 Å². The Morgan fingerprint density at radius 3 is 2.56 bits per heavy atom. The summed E-state index contributed by atoms with van der Waals surface area (Å²) >= 11 is 0. The number of alkyl halides is 3. The molecule has 5 atom stereocenters. The number of pyridine rings is 1. The van der Waals surface area contributed by atoms with Crippen LogP contribution in [0.1, 0.15) is 12.0 Å². The third kappa shape index (κ3) is 4.19. The van der Waals surface area contributed by atoms with E-state index in [0.29, 0.717) is 26.1 Å².